The van der Waals surface area contributed by atoms with Gasteiger partial charge in [-0.3, -0.25) is 9.59 Å². The van der Waals surface area contributed by atoms with E-state index in [0.717, 1.165) is 57.6 Å². The van der Waals surface area contributed by atoms with Crippen molar-refractivity contribution >= 4 is 11.9 Å². The number of aryl methyl sites for hydroxylation is 1. The van der Waals surface area contributed by atoms with E-state index in [-0.39, 0.29) is 41.9 Å². The van der Waals surface area contributed by atoms with Crippen molar-refractivity contribution in [3.05, 3.63) is 136 Å². The van der Waals surface area contributed by atoms with Crippen LogP contribution in [0.5, 0.6) is 17.2 Å². The number of fused-ring (bicyclic) bond motifs is 1. The summed E-state index contributed by atoms with van der Waals surface area (Å²) < 4.78 is 30.9. The van der Waals surface area contributed by atoms with Crippen LogP contribution in [0.15, 0.2) is 108 Å². The van der Waals surface area contributed by atoms with Gasteiger partial charge in [-0.1, -0.05) is 65.8 Å². The number of esters is 1. The fourth-order valence-corrected chi connectivity index (χ4v) is 6.34. The van der Waals surface area contributed by atoms with Crippen molar-refractivity contribution in [3.63, 3.8) is 0 Å². The molecule has 0 saturated carbocycles. The number of allylic oxidation sites excluding steroid dienone is 4. The molecule has 2 N–H and O–H groups in total. The number of carbonyl (C=O) groups excluding carboxylic acids is 1. The largest absolute Gasteiger partial charge is 0.508 e. The molecule has 4 aromatic rings. The van der Waals surface area contributed by atoms with Crippen molar-refractivity contribution in [3.8, 4) is 28.4 Å². The maximum Gasteiger partial charge on any atom is 0.306 e. The van der Waals surface area contributed by atoms with E-state index in [9.17, 15) is 24.2 Å². The summed E-state index contributed by atoms with van der Waals surface area (Å²) in [6.45, 7) is 10.1. The van der Waals surface area contributed by atoms with Gasteiger partial charge in [-0.15, -0.1) is 0 Å². The Morgan fingerprint density at radius 3 is 2.00 bits per heavy atom. The number of benzene rings is 4. The first-order valence-corrected chi connectivity index (χ1v) is 17.6. The Morgan fingerprint density at radius 1 is 0.827 bits per heavy atom. The van der Waals surface area contributed by atoms with Gasteiger partial charge >= 0.3 is 11.9 Å². The third-order valence-corrected chi connectivity index (χ3v) is 8.71. The minimum Gasteiger partial charge on any atom is -0.508 e. The van der Waals surface area contributed by atoms with E-state index >= 15 is 0 Å². The summed E-state index contributed by atoms with van der Waals surface area (Å²) in [7, 11) is 1.57. The standard InChI is InChI=1S/C29H29FO4.C15H20O3/c1-18(2)14-22(16-29(31)32)19-4-8-23(9-5-19)34-28-13-7-20-15-21(6-11-25(20)28)26-17-24(33-3)10-12-27(26)30;1-4-18-15(17)10-13(9-11(2)3)12-5-7-14(16)8-6-12/h4-6,8-12,14-15,17,22,28H,7,13,16H2,1-3H3,(H,31,32);5-9,13,16H,4,10H2,1-3H3/t22-,28?;13-/m00/s1. The second kappa shape index (κ2) is 18.7. The fraction of sp³-hybridized carbons (Fsp3) is 0.318. The Balaban J connectivity index is 0.000000284. The molecule has 52 heavy (non-hydrogen) atoms. The van der Waals surface area contributed by atoms with Gasteiger partial charge in [-0.2, -0.15) is 0 Å². The first-order chi connectivity index (χ1) is 24.9. The molecule has 274 valence electrons. The number of aliphatic carboxylic acids is 1. The number of ether oxygens (including phenoxy) is 3. The van der Waals surface area contributed by atoms with Gasteiger partial charge in [0.05, 0.1) is 26.6 Å². The van der Waals surface area contributed by atoms with Crippen LogP contribution in [-0.4, -0.2) is 35.9 Å². The average Bonchev–Trinajstić information content (AvgIpc) is 3.50. The molecule has 1 aliphatic rings. The molecule has 3 atom stereocenters. The minimum absolute atomic E-state index is 0.00495. The Bertz CT molecular complexity index is 1870. The van der Waals surface area contributed by atoms with Crippen molar-refractivity contribution in [2.75, 3.05) is 13.7 Å². The molecule has 1 unspecified atom stereocenters. The SMILES string of the molecule is CCOC(=O)C[C@H](C=C(C)C)c1ccc(O)cc1.COc1ccc(F)c(-c2ccc3c(c2)CCC3Oc2ccc([C@@H](C=C(C)C)CC(=O)O)cc2)c1. The highest BCUT2D eigenvalue weighted by molar-refractivity contribution is 5.71. The number of phenols is 1. The van der Waals surface area contributed by atoms with Crippen molar-refractivity contribution < 1.29 is 38.4 Å². The zero-order chi connectivity index (χ0) is 37.8. The minimum atomic E-state index is -0.821. The lowest BCUT2D eigenvalue weighted by atomic mass is 9.94. The number of carboxylic acids is 1. The van der Waals surface area contributed by atoms with Crippen LogP contribution in [0.25, 0.3) is 11.1 Å². The zero-order valence-corrected chi connectivity index (χ0v) is 30.8. The van der Waals surface area contributed by atoms with Gasteiger partial charge in [0.25, 0.3) is 0 Å². The summed E-state index contributed by atoms with van der Waals surface area (Å²) in [6, 6.07) is 25.4. The maximum absolute atomic E-state index is 14.4. The lowest BCUT2D eigenvalue weighted by molar-refractivity contribution is -0.143. The molecule has 8 heteroatoms. The number of rotatable bonds is 13. The highest BCUT2D eigenvalue weighted by Crippen LogP contribution is 2.38. The molecule has 0 amide bonds. The molecule has 0 aliphatic heterocycles. The number of hydrogen-bond donors (Lipinski definition) is 2. The molecule has 7 nitrogen and oxygen atoms in total. The van der Waals surface area contributed by atoms with Crippen LogP contribution in [0, 0.1) is 5.82 Å². The first-order valence-electron chi connectivity index (χ1n) is 17.6. The molecular formula is C44H49FO7. The van der Waals surface area contributed by atoms with Gasteiger partial charge in [0.2, 0.25) is 0 Å². The molecule has 0 heterocycles. The van der Waals surface area contributed by atoms with Gasteiger partial charge in [0.1, 0.15) is 29.2 Å². The van der Waals surface area contributed by atoms with Gasteiger partial charge in [0.15, 0.2) is 0 Å². The molecule has 1 aliphatic carbocycles. The number of hydrogen-bond acceptors (Lipinski definition) is 6. The van der Waals surface area contributed by atoms with Gasteiger partial charge in [-0.25, -0.2) is 4.39 Å². The van der Waals surface area contributed by atoms with E-state index in [1.165, 1.54) is 6.07 Å². The lowest BCUT2D eigenvalue weighted by Gasteiger charge is -2.17. The normalized spacial score (nSPS) is 14.1. The Morgan fingerprint density at radius 2 is 1.42 bits per heavy atom. The third kappa shape index (κ3) is 11.3. The van der Waals surface area contributed by atoms with Crippen LogP contribution in [0.2, 0.25) is 0 Å². The topological polar surface area (TPSA) is 102 Å². The molecule has 0 radical (unpaired) electrons. The van der Waals surface area contributed by atoms with Crippen LogP contribution in [-0.2, 0) is 20.7 Å². The summed E-state index contributed by atoms with van der Waals surface area (Å²) in [6.07, 6.45) is 6.04. The summed E-state index contributed by atoms with van der Waals surface area (Å²) in [5.74, 6) is 0.125. The summed E-state index contributed by atoms with van der Waals surface area (Å²) in [5.41, 5.74) is 7.81. The van der Waals surface area contributed by atoms with Crippen LogP contribution in [0.3, 0.4) is 0 Å². The summed E-state index contributed by atoms with van der Waals surface area (Å²) in [4.78, 5) is 22.8. The molecule has 0 fully saturated rings. The van der Waals surface area contributed by atoms with Gasteiger partial charge < -0.3 is 24.4 Å². The molecule has 0 bridgehead atoms. The van der Waals surface area contributed by atoms with Crippen LogP contribution < -0.4 is 9.47 Å². The Labute approximate surface area is 306 Å². The number of methoxy groups -OCH3 is 1. The molecular weight excluding hydrogens is 659 g/mol. The van der Waals surface area contributed by atoms with E-state index in [2.05, 4.69) is 0 Å². The predicted molar refractivity (Wildman–Crippen MR) is 202 cm³/mol. The molecule has 0 aromatic heterocycles. The van der Waals surface area contributed by atoms with Gasteiger partial charge in [0, 0.05) is 17.4 Å². The smallest absolute Gasteiger partial charge is 0.306 e. The van der Waals surface area contributed by atoms with Crippen LogP contribution >= 0.6 is 0 Å². The molecule has 4 aromatic carbocycles. The number of aromatic hydroxyl groups is 1. The molecule has 0 spiro atoms. The van der Waals surface area contributed by atoms with Crippen LogP contribution in [0.1, 0.15) is 94.1 Å². The quantitative estimate of drug-likeness (QED) is 0.105. The Kier molecular flexibility index (Phi) is 14.2. The van der Waals surface area contributed by atoms with E-state index < -0.39 is 5.97 Å². The monoisotopic (exact) mass is 708 g/mol. The predicted octanol–water partition coefficient (Wildman–Crippen LogP) is 10.5. The van der Waals surface area contributed by atoms with Crippen LogP contribution in [0.4, 0.5) is 4.39 Å². The maximum atomic E-state index is 14.4. The first kappa shape index (κ1) is 39.4. The highest BCUT2D eigenvalue weighted by atomic mass is 19.1. The average molecular weight is 709 g/mol. The van der Waals surface area contributed by atoms with E-state index in [4.69, 9.17) is 14.2 Å². The van der Waals surface area contributed by atoms with Crippen molar-refractivity contribution in [2.45, 2.75) is 78.2 Å². The van der Waals surface area contributed by atoms with E-state index in [0.29, 0.717) is 24.3 Å². The third-order valence-electron chi connectivity index (χ3n) is 8.71. The zero-order valence-electron chi connectivity index (χ0n) is 30.8. The highest BCUT2D eigenvalue weighted by Gasteiger charge is 2.25. The summed E-state index contributed by atoms with van der Waals surface area (Å²) >= 11 is 0. The number of halogens is 1. The second-order valence-electron chi connectivity index (χ2n) is 13.4. The van der Waals surface area contributed by atoms with E-state index in [1.807, 2.05) is 94.4 Å². The molecule has 0 saturated heterocycles. The fourth-order valence-electron chi connectivity index (χ4n) is 6.34. The second-order valence-corrected chi connectivity index (χ2v) is 13.4. The number of carbonyl (C=O) groups is 2. The lowest BCUT2D eigenvalue weighted by Crippen LogP contribution is -2.09. The van der Waals surface area contributed by atoms with Crippen molar-refractivity contribution in [1.29, 1.82) is 0 Å². The van der Waals surface area contributed by atoms with Gasteiger partial charge in [-0.05, 0) is 118 Å². The summed E-state index contributed by atoms with van der Waals surface area (Å²) in [5, 5.41) is 18.5. The van der Waals surface area contributed by atoms with Crippen molar-refractivity contribution in [1.82, 2.24) is 0 Å². The van der Waals surface area contributed by atoms with E-state index in [1.54, 1.807) is 38.3 Å². The molecule has 5 rings (SSSR count). The number of phenolic OH excluding ortho intramolecular Hbond substituents is 1. The van der Waals surface area contributed by atoms with Crippen molar-refractivity contribution in [2.24, 2.45) is 0 Å². The number of carboxylic acid groups (broad SMARTS) is 1. The Hall–Kier alpha value is -5.37.